The van der Waals surface area contributed by atoms with E-state index in [2.05, 4.69) is 38.2 Å². The van der Waals surface area contributed by atoms with Gasteiger partial charge in [0.1, 0.15) is 0 Å². The van der Waals surface area contributed by atoms with Crippen LogP contribution in [0.4, 0.5) is 5.69 Å². The number of likely N-dealkylation sites (tertiary alicyclic amines) is 1. The second kappa shape index (κ2) is 6.94. The highest BCUT2D eigenvalue weighted by Crippen LogP contribution is 2.20. The molecule has 0 radical (unpaired) electrons. The molecule has 0 bridgehead atoms. The first-order valence-corrected chi connectivity index (χ1v) is 7.83. The van der Waals surface area contributed by atoms with Crippen molar-refractivity contribution in [3.63, 3.8) is 0 Å². The van der Waals surface area contributed by atoms with E-state index in [9.17, 15) is 4.79 Å². The fourth-order valence-electron chi connectivity index (χ4n) is 2.79. The summed E-state index contributed by atoms with van der Waals surface area (Å²) in [5.74, 6) is 0.157. The van der Waals surface area contributed by atoms with Crippen LogP contribution in [0.2, 0.25) is 0 Å². The van der Waals surface area contributed by atoms with E-state index >= 15 is 0 Å². The summed E-state index contributed by atoms with van der Waals surface area (Å²) in [7, 11) is 4.16. The summed E-state index contributed by atoms with van der Waals surface area (Å²) in [6, 6.07) is 6.46. The molecule has 1 atom stereocenters. The molecule has 1 aliphatic rings. The van der Waals surface area contributed by atoms with Gasteiger partial charge in [-0.2, -0.15) is 0 Å². The number of amides is 1. The lowest BCUT2D eigenvalue weighted by Crippen LogP contribution is -2.34. The summed E-state index contributed by atoms with van der Waals surface area (Å²) < 4.78 is 0. The van der Waals surface area contributed by atoms with E-state index in [0.29, 0.717) is 6.04 Å². The third kappa shape index (κ3) is 3.76. The van der Waals surface area contributed by atoms with Gasteiger partial charge < -0.3 is 15.1 Å². The number of benzene rings is 1. The van der Waals surface area contributed by atoms with E-state index in [0.717, 1.165) is 49.3 Å². The van der Waals surface area contributed by atoms with Gasteiger partial charge >= 0.3 is 0 Å². The van der Waals surface area contributed by atoms with Crippen molar-refractivity contribution in [3.05, 3.63) is 29.3 Å². The maximum absolute atomic E-state index is 12.6. The van der Waals surface area contributed by atoms with Crippen LogP contribution in [0.25, 0.3) is 0 Å². The summed E-state index contributed by atoms with van der Waals surface area (Å²) in [4.78, 5) is 16.8. The van der Waals surface area contributed by atoms with Gasteiger partial charge in [0, 0.05) is 36.9 Å². The van der Waals surface area contributed by atoms with Gasteiger partial charge in [-0.15, -0.1) is 0 Å². The molecule has 4 nitrogen and oxygen atoms in total. The van der Waals surface area contributed by atoms with Crippen molar-refractivity contribution in [1.82, 2.24) is 9.80 Å². The quantitative estimate of drug-likeness (QED) is 0.905. The summed E-state index contributed by atoms with van der Waals surface area (Å²) in [6.45, 7) is 6.86. The van der Waals surface area contributed by atoms with Crippen LogP contribution in [0.3, 0.4) is 0 Å². The zero-order valence-electron chi connectivity index (χ0n) is 13.6. The average Bonchev–Trinajstić information content (AvgIpc) is 2.95. The van der Waals surface area contributed by atoms with Crippen molar-refractivity contribution in [2.45, 2.75) is 32.7 Å². The molecule has 0 spiro atoms. The van der Waals surface area contributed by atoms with Crippen LogP contribution >= 0.6 is 0 Å². The van der Waals surface area contributed by atoms with Gasteiger partial charge in [0.25, 0.3) is 5.91 Å². The summed E-state index contributed by atoms with van der Waals surface area (Å²) in [5, 5.41) is 3.39. The van der Waals surface area contributed by atoms with Crippen LogP contribution in [0, 0.1) is 6.92 Å². The fraction of sp³-hybridized carbons (Fsp3) is 0.588. The number of rotatable bonds is 5. The van der Waals surface area contributed by atoms with E-state index in [4.69, 9.17) is 0 Å². The van der Waals surface area contributed by atoms with E-state index in [1.165, 1.54) is 0 Å². The lowest BCUT2D eigenvalue weighted by Gasteiger charge is -2.21. The van der Waals surface area contributed by atoms with Crippen LogP contribution in [-0.2, 0) is 0 Å². The van der Waals surface area contributed by atoms with Crippen molar-refractivity contribution < 1.29 is 4.79 Å². The zero-order chi connectivity index (χ0) is 15.4. The Hall–Kier alpha value is -1.55. The Bertz CT molecular complexity index is 499. The van der Waals surface area contributed by atoms with Crippen molar-refractivity contribution in [3.8, 4) is 0 Å². The Labute approximate surface area is 128 Å². The van der Waals surface area contributed by atoms with Crippen LogP contribution in [0.1, 0.15) is 35.7 Å². The van der Waals surface area contributed by atoms with Gasteiger partial charge in [0.05, 0.1) is 0 Å². The van der Waals surface area contributed by atoms with Crippen molar-refractivity contribution >= 4 is 11.6 Å². The number of carbonyl (C=O) groups is 1. The minimum Gasteiger partial charge on any atom is -0.385 e. The SMILES string of the molecule is CCCNc1ccc(C(=O)N2CCC(N(C)C)C2)cc1C. The van der Waals surface area contributed by atoms with Crippen LogP contribution in [-0.4, -0.2) is 55.5 Å². The van der Waals surface area contributed by atoms with Gasteiger partial charge in [-0.05, 0) is 57.6 Å². The fourth-order valence-corrected chi connectivity index (χ4v) is 2.79. The molecule has 1 amide bonds. The highest BCUT2D eigenvalue weighted by molar-refractivity contribution is 5.95. The lowest BCUT2D eigenvalue weighted by molar-refractivity contribution is 0.0783. The Morgan fingerprint density at radius 1 is 1.43 bits per heavy atom. The number of hydrogen-bond acceptors (Lipinski definition) is 3. The highest BCUT2D eigenvalue weighted by atomic mass is 16.2. The molecule has 2 rings (SSSR count). The average molecular weight is 289 g/mol. The van der Waals surface area contributed by atoms with Crippen molar-refractivity contribution in [2.75, 3.05) is 39.0 Å². The Morgan fingerprint density at radius 2 is 2.19 bits per heavy atom. The molecule has 1 aliphatic heterocycles. The number of anilines is 1. The first-order chi connectivity index (χ1) is 10.0. The Morgan fingerprint density at radius 3 is 2.76 bits per heavy atom. The number of nitrogens with zero attached hydrogens (tertiary/aromatic N) is 2. The standard InChI is InChI=1S/C17H27N3O/c1-5-9-18-16-7-6-14(11-13(16)2)17(21)20-10-8-15(12-20)19(3)4/h6-7,11,15,18H,5,8-10,12H2,1-4H3. The molecule has 1 saturated heterocycles. The minimum atomic E-state index is 0.157. The predicted octanol–water partition coefficient (Wildman–Crippen LogP) is 2.59. The van der Waals surface area contributed by atoms with Crippen LogP contribution < -0.4 is 5.32 Å². The maximum atomic E-state index is 12.6. The van der Waals surface area contributed by atoms with Gasteiger partial charge in [0.15, 0.2) is 0 Å². The first kappa shape index (κ1) is 15.8. The smallest absolute Gasteiger partial charge is 0.253 e. The molecule has 0 aliphatic carbocycles. The minimum absolute atomic E-state index is 0.157. The van der Waals surface area contributed by atoms with E-state index in [1.54, 1.807) is 0 Å². The molecular weight excluding hydrogens is 262 g/mol. The molecule has 116 valence electrons. The topological polar surface area (TPSA) is 35.6 Å². The number of hydrogen-bond donors (Lipinski definition) is 1. The summed E-state index contributed by atoms with van der Waals surface area (Å²) in [6.07, 6.45) is 2.16. The lowest BCUT2D eigenvalue weighted by atomic mass is 10.1. The number of aryl methyl sites for hydroxylation is 1. The molecule has 1 N–H and O–H groups in total. The summed E-state index contributed by atoms with van der Waals surface area (Å²) in [5.41, 5.74) is 3.06. The molecule has 1 fully saturated rings. The molecule has 0 saturated carbocycles. The predicted molar refractivity (Wildman–Crippen MR) is 88.0 cm³/mol. The third-order valence-electron chi connectivity index (χ3n) is 4.22. The van der Waals surface area contributed by atoms with Crippen molar-refractivity contribution in [1.29, 1.82) is 0 Å². The molecule has 1 unspecified atom stereocenters. The second-order valence-corrected chi connectivity index (χ2v) is 6.11. The Balaban J connectivity index is 2.05. The molecule has 4 heteroatoms. The summed E-state index contributed by atoms with van der Waals surface area (Å²) >= 11 is 0. The normalized spacial score (nSPS) is 18.3. The molecule has 1 heterocycles. The van der Waals surface area contributed by atoms with Crippen molar-refractivity contribution in [2.24, 2.45) is 0 Å². The molecule has 1 aromatic rings. The number of carbonyl (C=O) groups excluding carboxylic acids is 1. The molecular formula is C17H27N3O. The molecule has 1 aromatic carbocycles. The monoisotopic (exact) mass is 289 g/mol. The molecule has 21 heavy (non-hydrogen) atoms. The third-order valence-corrected chi connectivity index (χ3v) is 4.22. The first-order valence-electron chi connectivity index (χ1n) is 7.83. The Kier molecular flexibility index (Phi) is 5.23. The number of likely N-dealkylation sites (N-methyl/N-ethyl adjacent to an activating group) is 1. The van der Waals surface area contributed by atoms with Crippen LogP contribution in [0.5, 0.6) is 0 Å². The second-order valence-electron chi connectivity index (χ2n) is 6.11. The van der Waals surface area contributed by atoms with Crippen LogP contribution in [0.15, 0.2) is 18.2 Å². The molecule has 0 aromatic heterocycles. The van der Waals surface area contributed by atoms with E-state index in [1.807, 2.05) is 23.1 Å². The van der Waals surface area contributed by atoms with Gasteiger partial charge in [-0.25, -0.2) is 0 Å². The van der Waals surface area contributed by atoms with Gasteiger partial charge in [-0.3, -0.25) is 4.79 Å². The van der Waals surface area contributed by atoms with Gasteiger partial charge in [0.2, 0.25) is 0 Å². The number of nitrogens with one attached hydrogen (secondary N) is 1. The largest absolute Gasteiger partial charge is 0.385 e. The zero-order valence-corrected chi connectivity index (χ0v) is 13.6. The van der Waals surface area contributed by atoms with E-state index in [-0.39, 0.29) is 5.91 Å². The van der Waals surface area contributed by atoms with E-state index < -0.39 is 0 Å². The maximum Gasteiger partial charge on any atom is 0.253 e. The van der Waals surface area contributed by atoms with Gasteiger partial charge in [-0.1, -0.05) is 6.92 Å². The highest BCUT2D eigenvalue weighted by Gasteiger charge is 2.28.